The first-order valence-corrected chi connectivity index (χ1v) is 12.7. The van der Waals surface area contributed by atoms with Crippen LogP contribution in [0.4, 0.5) is 10.5 Å². The maximum Gasteiger partial charge on any atom is 0.294 e. The van der Waals surface area contributed by atoms with Gasteiger partial charge in [-0.05, 0) is 49.9 Å². The van der Waals surface area contributed by atoms with Gasteiger partial charge < -0.3 is 14.4 Å². The molecule has 0 saturated carbocycles. The van der Waals surface area contributed by atoms with Gasteiger partial charge in [0.15, 0.2) is 0 Å². The molecule has 2 aliphatic heterocycles. The smallest absolute Gasteiger partial charge is 0.294 e. The molecule has 3 aromatic rings. The topological polar surface area (TPSA) is 65.9 Å². The number of aromatic nitrogens is 1. The lowest BCUT2D eigenvalue weighted by Gasteiger charge is -2.36. The number of thioether (sulfide) groups is 1. The summed E-state index contributed by atoms with van der Waals surface area (Å²) in [6, 6.07) is 18.4. The summed E-state index contributed by atoms with van der Waals surface area (Å²) in [5.74, 6) is -0.602. The molecule has 0 radical (unpaired) electrons. The maximum absolute atomic E-state index is 13.1. The van der Waals surface area contributed by atoms with Gasteiger partial charge in [-0.25, -0.2) is 0 Å². The Morgan fingerprint density at radius 3 is 2.37 bits per heavy atom. The first-order valence-electron chi connectivity index (χ1n) is 11.8. The van der Waals surface area contributed by atoms with Crippen LogP contribution in [0.25, 0.3) is 17.0 Å². The highest BCUT2D eigenvalue weighted by Crippen LogP contribution is 2.34. The summed E-state index contributed by atoms with van der Waals surface area (Å²) in [4.78, 5) is 44.1. The molecule has 0 bridgehead atoms. The van der Waals surface area contributed by atoms with Gasteiger partial charge in [-0.3, -0.25) is 19.3 Å². The van der Waals surface area contributed by atoms with Crippen LogP contribution in [-0.2, 0) is 9.59 Å². The zero-order valence-corrected chi connectivity index (χ0v) is 20.7. The summed E-state index contributed by atoms with van der Waals surface area (Å²) >= 11 is 0.899. The first kappa shape index (κ1) is 23.2. The number of hydrogen-bond donors (Lipinski definition) is 0. The number of para-hydroxylation sites is 2. The lowest BCUT2D eigenvalue weighted by atomic mass is 10.1. The van der Waals surface area contributed by atoms with E-state index in [4.69, 9.17) is 0 Å². The van der Waals surface area contributed by atoms with Crippen LogP contribution in [0.15, 0.2) is 65.7 Å². The summed E-state index contributed by atoms with van der Waals surface area (Å²) in [6.07, 6.45) is 3.79. The number of benzene rings is 2. The fourth-order valence-corrected chi connectivity index (χ4v) is 5.47. The highest BCUT2D eigenvalue weighted by Gasteiger charge is 2.37. The number of carbonyl (C=O) groups is 3. The van der Waals surface area contributed by atoms with E-state index in [2.05, 4.69) is 41.5 Å². The molecule has 5 rings (SSSR count). The number of nitrogens with zero attached hydrogens (tertiary/aromatic N) is 4. The Kier molecular flexibility index (Phi) is 6.38. The van der Waals surface area contributed by atoms with Gasteiger partial charge in [0.1, 0.15) is 6.54 Å². The van der Waals surface area contributed by atoms with Crippen LogP contribution in [0, 0.1) is 0 Å². The molecule has 1 aromatic heterocycles. The number of rotatable bonds is 5. The van der Waals surface area contributed by atoms with E-state index in [1.165, 1.54) is 0 Å². The highest BCUT2D eigenvalue weighted by molar-refractivity contribution is 8.18. The number of imide groups is 1. The van der Waals surface area contributed by atoms with Gasteiger partial charge in [-0.15, -0.1) is 0 Å². The number of carbonyl (C=O) groups excluding carboxylic acids is 3. The predicted molar refractivity (Wildman–Crippen MR) is 140 cm³/mol. The largest absolute Gasteiger partial charge is 0.368 e. The lowest BCUT2D eigenvalue weighted by molar-refractivity contribution is -0.136. The van der Waals surface area contributed by atoms with E-state index < -0.39 is 11.1 Å². The molecule has 0 spiro atoms. The molecule has 3 heterocycles. The van der Waals surface area contributed by atoms with Crippen LogP contribution in [-0.4, -0.2) is 64.1 Å². The number of piperazine rings is 1. The van der Waals surface area contributed by atoms with Crippen molar-refractivity contribution in [3.05, 3.63) is 71.3 Å². The van der Waals surface area contributed by atoms with Gasteiger partial charge in [-0.2, -0.15) is 0 Å². The van der Waals surface area contributed by atoms with Crippen LogP contribution in [0.3, 0.4) is 0 Å². The third-order valence-electron chi connectivity index (χ3n) is 6.54. The summed E-state index contributed by atoms with van der Waals surface area (Å²) in [5.41, 5.74) is 3.11. The Labute approximate surface area is 209 Å². The van der Waals surface area contributed by atoms with Crippen molar-refractivity contribution in [2.45, 2.75) is 19.9 Å². The molecular formula is C27H28N4O3S. The molecule has 0 N–H and O–H groups in total. The molecule has 2 saturated heterocycles. The van der Waals surface area contributed by atoms with Crippen molar-refractivity contribution in [1.82, 2.24) is 14.4 Å². The summed E-state index contributed by atoms with van der Waals surface area (Å²) in [7, 11) is 0. The molecule has 0 atom stereocenters. The average Bonchev–Trinajstić information content (AvgIpc) is 3.37. The molecule has 3 amide bonds. The fourth-order valence-electron chi connectivity index (χ4n) is 4.64. The van der Waals surface area contributed by atoms with E-state index in [0.29, 0.717) is 18.0 Å². The Morgan fingerprint density at radius 1 is 0.971 bits per heavy atom. The van der Waals surface area contributed by atoms with Crippen molar-refractivity contribution in [2.24, 2.45) is 0 Å². The second-order valence-corrected chi connectivity index (χ2v) is 10.1. The quantitative estimate of drug-likeness (QED) is 0.491. The van der Waals surface area contributed by atoms with Crippen molar-refractivity contribution in [3.63, 3.8) is 0 Å². The Morgan fingerprint density at radius 2 is 1.66 bits per heavy atom. The van der Waals surface area contributed by atoms with Gasteiger partial charge in [0, 0.05) is 60.6 Å². The van der Waals surface area contributed by atoms with Gasteiger partial charge in [0.25, 0.3) is 11.1 Å². The minimum atomic E-state index is -0.405. The monoisotopic (exact) mass is 488 g/mol. The van der Waals surface area contributed by atoms with E-state index in [9.17, 15) is 14.4 Å². The second-order valence-electron chi connectivity index (χ2n) is 9.07. The summed E-state index contributed by atoms with van der Waals surface area (Å²) in [5, 5.41) is 0.630. The highest BCUT2D eigenvalue weighted by atomic mass is 32.2. The number of amides is 3. The van der Waals surface area contributed by atoms with Gasteiger partial charge >= 0.3 is 0 Å². The lowest BCUT2D eigenvalue weighted by Crippen LogP contribution is -2.51. The van der Waals surface area contributed by atoms with Crippen molar-refractivity contribution in [1.29, 1.82) is 0 Å². The standard InChI is InChI=1S/C27H28N4O3S/c1-19(2)30-17-20(22-10-6-7-11-23(22)30)16-24-26(33)31(27(34)35-24)18-25(32)29-14-12-28(13-15-29)21-8-4-3-5-9-21/h3-11,16-17,19H,12-15,18H2,1-2H3/b24-16-. The molecule has 35 heavy (non-hydrogen) atoms. The number of anilines is 1. The minimum absolute atomic E-state index is 0.197. The number of fused-ring (bicyclic) bond motifs is 1. The SMILES string of the molecule is CC(C)n1cc(/C=C2\SC(=O)N(CC(=O)N3CCN(c4ccccc4)CC3)C2=O)c2ccccc21. The minimum Gasteiger partial charge on any atom is -0.368 e. The molecule has 8 heteroatoms. The van der Waals surface area contributed by atoms with E-state index in [1.54, 1.807) is 11.0 Å². The van der Waals surface area contributed by atoms with Crippen LogP contribution < -0.4 is 4.90 Å². The average molecular weight is 489 g/mol. The Bertz CT molecular complexity index is 1310. The van der Waals surface area contributed by atoms with Crippen LogP contribution >= 0.6 is 11.8 Å². The van der Waals surface area contributed by atoms with Crippen molar-refractivity contribution < 1.29 is 14.4 Å². The summed E-state index contributed by atoms with van der Waals surface area (Å²) < 4.78 is 2.16. The number of hydrogen-bond acceptors (Lipinski definition) is 5. The van der Waals surface area contributed by atoms with Crippen molar-refractivity contribution in [2.75, 3.05) is 37.6 Å². The fraction of sp³-hybridized carbons (Fsp3) is 0.296. The molecule has 180 valence electrons. The normalized spacial score (nSPS) is 17.9. The van der Waals surface area contributed by atoms with Gasteiger partial charge in [0.05, 0.1) is 4.91 Å². The van der Waals surface area contributed by atoms with Crippen LogP contribution in [0.2, 0.25) is 0 Å². The van der Waals surface area contributed by atoms with Gasteiger partial charge in [-0.1, -0.05) is 36.4 Å². The van der Waals surface area contributed by atoms with E-state index in [0.717, 1.165) is 51.9 Å². The zero-order valence-electron chi connectivity index (χ0n) is 19.9. The predicted octanol–water partition coefficient (Wildman–Crippen LogP) is 4.61. The molecular weight excluding hydrogens is 460 g/mol. The van der Waals surface area contributed by atoms with Crippen LogP contribution in [0.5, 0.6) is 0 Å². The molecule has 7 nitrogen and oxygen atoms in total. The third kappa shape index (κ3) is 4.58. The molecule has 2 aromatic carbocycles. The molecule has 2 aliphatic rings. The van der Waals surface area contributed by atoms with Crippen molar-refractivity contribution >= 4 is 51.5 Å². The first-order chi connectivity index (χ1) is 16.9. The van der Waals surface area contributed by atoms with E-state index >= 15 is 0 Å². The molecule has 2 fully saturated rings. The third-order valence-corrected chi connectivity index (χ3v) is 7.44. The van der Waals surface area contributed by atoms with Crippen molar-refractivity contribution in [3.8, 4) is 0 Å². The summed E-state index contributed by atoms with van der Waals surface area (Å²) in [6.45, 7) is 6.56. The zero-order chi connectivity index (χ0) is 24.5. The van der Waals surface area contributed by atoms with E-state index in [-0.39, 0.29) is 18.5 Å². The molecule has 0 unspecified atom stereocenters. The van der Waals surface area contributed by atoms with Gasteiger partial charge in [0.2, 0.25) is 5.91 Å². The van der Waals surface area contributed by atoms with Crippen LogP contribution in [0.1, 0.15) is 25.5 Å². The Hall–Kier alpha value is -3.52. The Balaban J connectivity index is 1.27. The van der Waals surface area contributed by atoms with E-state index in [1.807, 2.05) is 42.6 Å². The second kappa shape index (κ2) is 9.62. The molecule has 0 aliphatic carbocycles. The maximum atomic E-state index is 13.1.